The number of halogens is 1. The molecule has 0 atom stereocenters. The molecule has 0 saturated heterocycles. The molecule has 134 valence electrons. The summed E-state index contributed by atoms with van der Waals surface area (Å²) in [5.41, 5.74) is 0.865. The lowest BCUT2D eigenvalue weighted by atomic mass is 10.2. The number of sulfonamides is 1. The van der Waals surface area contributed by atoms with Crippen LogP contribution in [-0.4, -0.2) is 33.5 Å². The lowest BCUT2D eigenvalue weighted by molar-refractivity contribution is 0.363. The van der Waals surface area contributed by atoms with Gasteiger partial charge < -0.3 is 9.47 Å². The maximum Gasteiger partial charge on any atom is 0.243 e. The standard InChI is InChI=1S/C18H20BrNO4S/c1-4-11-24-15-7-5-14(6-8-15)13-20(2)25(21,22)16-9-10-18(23-3)17(19)12-16/h4-10,12H,1,11,13H2,2-3H3. The van der Waals surface area contributed by atoms with Gasteiger partial charge in [0.15, 0.2) is 0 Å². The first kappa shape index (κ1) is 19.5. The quantitative estimate of drug-likeness (QED) is 0.602. The van der Waals surface area contributed by atoms with Crippen molar-refractivity contribution in [3.8, 4) is 11.5 Å². The minimum atomic E-state index is -3.61. The lowest BCUT2D eigenvalue weighted by Gasteiger charge is -2.18. The van der Waals surface area contributed by atoms with E-state index in [9.17, 15) is 8.42 Å². The number of hydrogen-bond donors (Lipinski definition) is 0. The van der Waals surface area contributed by atoms with Crippen molar-refractivity contribution in [2.75, 3.05) is 20.8 Å². The number of ether oxygens (including phenoxy) is 2. The molecular weight excluding hydrogens is 406 g/mol. The van der Waals surface area contributed by atoms with Crippen LogP contribution < -0.4 is 9.47 Å². The topological polar surface area (TPSA) is 55.8 Å². The van der Waals surface area contributed by atoms with E-state index in [-0.39, 0.29) is 11.4 Å². The van der Waals surface area contributed by atoms with Crippen LogP contribution in [0.4, 0.5) is 0 Å². The molecule has 2 rings (SSSR count). The first-order valence-electron chi connectivity index (χ1n) is 7.51. The fraction of sp³-hybridized carbons (Fsp3) is 0.222. The van der Waals surface area contributed by atoms with E-state index in [2.05, 4.69) is 22.5 Å². The number of nitrogens with zero attached hydrogens (tertiary/aromatic N) is 1. The molecule has 0 amide bonds. The van der Waals surface area contributed by atoms with Crippen molar-refractivity contribution in [1.82, 2.24) is 4.31 Å². The van der Waals surface area contributed by atoms with Crippen LogP contribution in [0.1, 0.15) is 5.56 Å². The highest BCUT2D eigenvalue weighted by molar-refractivity contribution is 9.10. The van der Waals surface area contributed by atoms with Crippen LogP contribution in [0.2, 0.25) is 0 Å². The van der Waals surface area contributed by atoms with Gasteiger partial charge in [-0.15, -0.1) is 0 Å². The third kappa shape index (κ3) is 4.84. The highest BCUT2D eigenvalue weighted by atomic mass is 79.9. The summed E-state index contributed by atoms with van der Waals surface area (Å²) >= 11 is 3.32. The van der Waals surface area contributed by atoms with E-state index >= 15 is 0 Å². The minimum absolute atomic E-state index is 0.202. The van der Waals surface area contributed by atoms with Crippen LogP contribution >= 0.6 is 15.9 Å². The number of rotatable bonds is 8. The van der Waals surface area contributed by atoms with E-state index in [4.69, 9.17) is 9.47 Å². The van der Waals surface area contributed by atoms with Gasteiger partial charge in [0, 0.05) is 13.6 Å². The summed E-state index contributed by atoms with van der Waals surface area (Å²) in [6.45, 7) is 4.28. The molecule has 0 fully saturated rings. The Labute approximate surface area is 157 Å². The van der Waals surface area contributed by atoms with Crippen LogP contribution in [-0.2, 0) is 16.6 Å². The minimum Gasteiger partial charge on any atom is -0.496 e. The Morgan fingerprint density at radius 3 is 2.44 bits per heavy atom. The highest BCUT2D eigenvalue weighted by Gasteiger charge is 2.22. The van der Waals surface area contributed by atoms with Gasteiger partial charge in [0.2, 0.25) is 10.0 Å². The van der Waals surface area contributed by atoms with Crippen LogP contribution in [0.5, 0.6) is 11.5 Å². The molecule has 0 N–H and O–H groups in total. The van der Waals surface area contributed by atoms with Crippen molar-refractivity contribution in [2.24, 2.45) is 0 Å². The molecule has 7 heteroatoms. The molecule has 0 aromatic heterocycles. The number of benzene rings is 2. The summed E-state index contributed by atoms with van der Waals surface area (Å²) in [6.07, 6.45) is 1.67. The molecule has 2 aromatic rings. The fourth-order valence-corrected chi connectivity index (χ4v) is 4.05. The van der Waals surface area contributed by atoms with Gasteiger partial charge in [-0.3, -0.25) is 0 Å². The van der Waals surface area contributed by atoms with Crippen molar-refractivity contribution in [3.05, 3.63) is 65.2 Å². The Hall–Kier alpha value is -1.83. The molecule has 0 aliphatic rings. The molecule has 5 nitrogen and oxygen atoms in total. The Bertz CT molecular complexity index is 835. The van der Waals surface area contributed by atoms with Crippen LogP contribution in [0.3, 0.4) is 0 Å². The van der Waals surface area contributed by atoms with E-state index in [1.807, 2.05) is 24.3 Å². The summed E-state index contributed by atoms with van der Waals surface area (Å²) in [7, 11) is -0.524. The zero-order valence-electron chi connectivity index (χ0n) is 14.1. The summed E-state index contributed by atoms with van der Waals surface area (Å²) < 4.78 is 37.9. The van der Waals surface area contributed by atoms with E-state index in [1.165, 1.54) is 23.5 Å². The second-order valence-corrected chi connectivity index (χ2v) is 8.20. The van der Waals surface area contributed by atoms with E-state index < -0.39 is 10.0 Å². The average Bonchev–Trinajstić information content (AvgIpc) is 2.61. The molecule has 0 saturated carbocycles. The van der Waals surface area contributed by atoms with Crippen molar-refractivity contribution >= 4 is 26.0 Å². The molecule has 0 bridgehead atoms. The van der Waals surface area contributed by atoms with Gasteiger partial charge in [-0.2, -0.15) is 4.31 Å². The van der Waals surface area contributed by atoms with Gasteiger partial charge in [-0.1, -0.05) is 24.8 Å². The normalized spacial score (nSPS) is 11.4. The predicted octanol–water partition coefficient (Wildman–Crippen LogP) is 3.84. The van der Waals surface area contributed by atoms with Gasteiger partial charge in [-0.05, 0) is 51.8 Å². The second kappa shape index (κ2) is 8.51. The van der Waals surface area contributed by atoms with Gasteiger partial charge in [-0.25, -0.2) is 8.42 Å². The SMILES string of the molecule is C=CCOc1ccc(CN(C)S(=O)(=O)c2ccc(OC)c(Br)c2)cc1. The van der Waals surface area contributed by atoms with Crippen LogP contribution in [0, 0.1) is 0 Å². The van der Waals surface area contributed by atoms with E-state index in [0.717, 1.165) is 5.56 Å². The summed E-state index contributed by atoms with van der Waals surface area (Å²) in [4.78, 5) is 0.202. The average molecular weight is 426 g/mol. The van der Waals surface area contributed by atoms with E-state index in [1.54, 1.807) is 19.2 Å². The highest BCUT2D eigenvalue weighted by Crippen LogP contribution is 2.29. The third-order valence-electron chi connectivity index (χ3n) is 3.53. The van der Waals surface area contributed by atoms with Crippen molar-refractivity contribution in [3.63, 3.8) is 0 Å². The Morgan fingerprint density at radius 2 is 1.88 bits per heavy atom. The maximum atomic E-state index is 12.7. The molecule has 2 aromatic carbocycles. The second-order valence-electron chi connectivity index (χ2n) is 5.30. The smallest absolute Gasteiger partial charge is 0.243 e. The predicted molar refractivity (Wildman–Crippen MR) is 101 cm³/mol. The zero-order chi connectivity index (χ0) is 18.4. The Kier molecular flexibility index (Phi) is 6.64. The first-order chi connectivity index (χ1) is 11.9. The van der Waals surface area contributed by atoms with Crippen molar-refractivity contribution in [1.29, 1.82) is 0 Å². The van der Waals surface area contributed by atoms with Gasteiger partial charge in [0.05, 0.1) is 16.5 Å². The van der Waals surface area contributed by atoms with Gasteiger partial charge in [0.25, 0.3) is 0 Å². The lowest BCUT2D eigenvalue weighted by Crippen LogP contribution is -2.26. The van der Waals surface area contributed by atoms with Crippen molar-refractivity contribution < 1.29 is 17.9 Å². The summed E-state index contributed by atoms with van der Waals surface area (Å²) in [5, 5.41) is 0. The van der Waals surface area contributed by atoms with Gasteiger partial charge in [0.1, 0.15) is 18.1 Å². The fourth-order valence-electron chi connectivity index (χ4n) is 2.18. The number of hydrogen-bond acceptors (Lipinski definition) is 4. The van der Waals surface area contributed by atoms with Crippen LogP contribution in [0.15, 0.2) is 64.5 Å². The van der Waals surface area contributed by atoms with Crippen LogP contribution in [0.25, 0.3) is 0 Å². The molecular formula is C18H20BrNO4S. The largest absolute Gasteiger partial charge is 0.496 e. The molecule has 0 spiro atoms. The molecule has 0 radical (unpaired) electrons. The maximum absolute atomic E-state index is 12.7. The monoisotopic (exact) mass is 425 g/mol. The first-order valence-corrected chi connectivity index (χ1v) is 9.74. The molecule has 0 aliphatic heterocycles. The molecule has 0 unspecified atom stereocenters. The van der Waals surface area contributed by atoms with Gasteiger partial charge >= 0.3 is 0 Å². The summed E-state index contributed by atoms with van der Waals surface area (Å²) in [6, 6.07) is 12.0. The molecule has 0 aliphatic carbocycles. The molecule has 25 heavy (non-hydrogen) atoms. The molecule has 0 heterocycles. The Balaban J connectivity index is 2.14. The van der Waals surface area contributed by atoms with E-state index in [0.29, 0.717) is 22.6 Å². The Morgan fingerprint density at radius 1 is 1.20 bits per heavy atom. The number of methoxy groups -OCH3 is 1. The zero-order valence-corrected chi connectivity index (χ0v) is 16.5. The van der Waals surface area contributed by atoms with Crippen molar-refractivity contribution in [2.45, 2.75) is 11.4 Å². The third-order valence-corrected chi connectivity index (χ3v) is 5.95. The summed E-state index contributed by atoms with van der Waals surface area (Å²) in [5.74, 6) is 1.30.